The number of piperidine rings is 1. The highest BCUT2D eigenvalue weighted by Gasteiger charge is 2.68. The highest BCUT2D eigenvalue weighted by molar-refractivity contribution is 5.73. The molecule has 2 aliphatic heterocycles. The largest absolute Gasteiger partial charge is 0.508 e. The Hall–Kier alpha value is -1.59. The summed E-state index contributed by atoms with van der Waals surface area (Å²) in [4.78, 5) is 14.5. The summed E-state index contributed by atoms with van der Waals surface area (Å²) in [6, 6.07) is 6.32. The van der Waals surface area contributed by atoms with Gasteiger partial charge >= 0.3 is 0 Å². The average Bonchev–Trinajstić information content (AvgIpc) is 3.23. The molecule has 2 saturated carbocycles. The van der Waals surface area contributed by atoms with Crippen LogP contribution in [0.4, 0.5) is 0 Å². The van der Waals surface area contributed by atoms with Gasteiger partial charge in [-0.3, -0.25) is 9.69 Å². The molecule has 5 atom stereocenters. The molecular formula is C26H38N2O3. The number of aromatic hydroxyl groups is 1. The summed E-state index contributed by atoms with van der Waals surface area (Å²) in [6.45, 7) is 10.1. The lowest BCUT2D eigenvalue weighted by molar-refractivity contribution is -0.136. The topological polar surface area (TPSA) is 61.8 Å². The molecule has 0 aromatic heterocycles. The molecule has 170 valence electrons. The van der Waals surface area contributed by atoms with Crippen LogP contribution in [0.25, 0.3) is 0 Å². The van der Waals surface area contributed by atoms with Crippen molar-refractivity contribution in [1.82, 2.24) is 10.2 Å². The van der Waals surface area contributed by atoms with Crippen molar-refractivity contribution in [2.45, 2.75) is 78.0 Å². The number of rotatable bonds is 4. The van der Waals surface area contributed by atoms with Crippen molar-refractivity contribution in [1.29, 1.82) is 0 Å². The van der Waals surface area contributed by atoms with E-state index in [1.807, 2.05) is 6.07 Å². The number of carbonyl (C=O) groups is 1. The van der Waals surface area contributed by atoms with Crippen molar-refractivity contribution in [3.05, 3.63) is 29.3 Å². The SMILES string of the molecule is CC(=O)N[C@H]1C(C)(C)[C@@H]2C[C@@H]3[C@@H](c4ccc(O)c(CN5CCCCC5)c4)OCC[C@@]31C2. The van der Waals surface area contributed by atoms with E-state index < -0.39 is 0 Å². The summed E-state index contributed by atoms with van der Waals surface area (Å²) in [5.74, 6) is 1.51. The van der Waals surface area contributed by atoms with E-state index in [0.717, 1.165) is 44.6 Å². The smallest absolute Gasteiger partial charge is 0.217 e. The van der Waals surface area contributed by atoms with Gasteiger partial charge in [0, 0.05) is 31.7 Å². The normalized spacial score (nSPS) is 36.9. The van der Waals surface area contributed by atoms with Crippen molar-refractivity contribution in [3.63, 3.8) is 0 Å². The van der Waals surface area contributed by atoms with Gasteiger partial charge in [-0.25, -0.2) is 0 Å². The molecule has 4 fully saturated rings. The molecule has 5 nitrogen and oxygen atoms in total. The molecular weight excluding hydrogens is 388 g/mol. The third-order valence-corrected chi connectivity index (χ3v) is 9.13. The molecule has 5 heteroatoms. The maximum atomic E-state index is 12.1. The minimum absolute atomic E-state index is 0.0480. The lowest BCUT2D eigenvalue weighted by Crippen LogP contribution is -2.58. The van der Waals surface area contributed by atoms with E-state index in [-0.39, 0.29) is 28.9 Å². The Morgan fingerprint density at radius 1 is 1.26 bits per heavy atom. The Morgan fingerprint density at radius 2 is 2.03 bits per heavy atom. The van der Waals surface area contributed by atoms with Gasteiger partial charge in [-0.2, -0.15) is 0 Å². The minimum Gasteiger partial charge on any atom is -0.508 e. The average molecular weight is 427 g/mol. The second-order valence-electron chi connectivity index (χ2n) is 11.2. The summed E-state index contributed by atoms with van der Waals surface area (Å²) >= 11 is 0. The Bertz CT molecular complexity index is 847. The predicted molar refractivity (Wildman–Crippen MR) is 121 cm³/mol. The number of amides is 1. The van der Waals surface area contributed by atoms with Crippen LogP contribution in [-0.4, -0.2) is 41.7 Å². The van der Waals surface area contributed by atoms with Crippen LogP contribution in [-0.2, 0) is 16.1 Å². The summed E-state index contributed by atoms with van der Waals surface area (Å²) in [5.41, 5.74) is 2.46. The van der Waals surface area contributed by atoms with Gasteiger partial charge in [-0.15, -0.1) is 0 Å². The molecule has 2 saturated heterocycles. The standard InChI is InChI=1S/C26H38N2O3/c1-17(29)27-24-25(2,3)20-14-21-23(31-12-9-26(21,24)15-20)18-7-8-22(30)19(13-18)16-28-10-5-4-6-11-28/h7-8,13,20-21,23-24,30H,4-6,9-12,14-16H2,1-3H3,(H,27,29)/t20-,21-,23-,24+,26-/m1/s1. The molecule has 4 aliphatic rings. The van der Waals surface area contributed by atoms with E-state index in [2.05, 4.69) is 36.2 Å². The first-order chi connectivity index (χ1) is 14.8. The van der Waals surface area contributed by atoms with E-state index in [1.165, 1.54) is 31.2 Å². The number of likely N-dealkylation sites (tertiary alicyclic amines) is 1. The molecule has 0 unspecified atom stereocenters. The van der Waals surface area contributed by atoms with Crippen LogP contribution in [0.5, 0.6) is 5.75 Å². The fourth-order valence-electron chi connectivity index (χ4n) is 7.59. The number of carbonyl (C=O) groups excluding carboxylic acids is 1. The summed E-state index contributed by atoms with van der Waals surface area (Å²) in [6.07, 6.45) is 7.24. The third kappa shape index (κ3) is 3.48. The Morgan fingerprint density at radius 3 is 2.77 bits per heavy atom. The number of hydrogen-bond donors (Lipinski definition) is 2. The molecule has 2 heterocycles. The van der Waals surface area contributed by atoms with Crippen LogP contribution in [0.2, 0.25) is 0 Å². The van der Waals surface area contributed by atoms with Gasteiger partial charge < -0.3 is 15.2 Å². The summed E-state index contributed by atoms with van der Waals surface area (Å²) < 4.78 is 6.42. The number of ether oxygens (including phenoxy) is 1. The second-order valence-corrected chi connectivity index (χ2v) is 11.2. The Labute approximate surface area is 186 Å². The molecule has 1 aromatic rings. The molecule has 31 heavy (non-hydrogen) atoms. The molecule has 1 spiro atoms. The van der Waals surface area contributed by atoms with E-state index in [4.69, 9.17) is 4.74 Å². The first-order valence-corrected chi connectivity index (χ1v) is 12.2. The van der Waals surface area contributed by atoms with E-state index in [1.54, 1.807) is 6.92 Å². The van der Waals surface area contributed by atoms with Crippen LogP contribution in [0.1, 0.15) is 76.5 Å². The molecule has 1 amide bonds. The van der Waals surface area contributed by atoms with Crippen molar-refractivity contribution in [3.8, 4) is 5.75 Å². The first kappa shape index (κ1) is 21.3. The highest BCUT2D eigenvalue weighted by atomic mass is 16.5. The molecule has 1 aromatic carbocycles. The van der Waals surface area contributed by atoms with Crippen molar-refractivity contribution < 1.29 is 14.6 Å². The lowest BCUT2D eigenvalue weighted by Gasteiger charge is -2.53. The van der Waals surface area contributed by atoms with Crippen LogP contribution >= 0.6 is 0 Å². The van der Waals surface area contributed by atoms with Gasteiger partial charge in [0.15, 0.2) is 0 Å². The number of phenols is 1. The number of benzene rings is 1. The van der Waals surface area contributed by atoms with Crippen molar-refractivity contribution >= 4 is 5.91 Å². The fourth-order valence-corrected chi connectivity index (χ4v) is 7.59. The number of phenolic OH excluding ortho intramolecular Hbond substituents is 1. The molecule has 2 N–H and O–H groups in total. The second kappa shape index (κ2) is 7.77. The number of fused-ring (bicyclic) bond motifs is 1. The van der Waals surface area contributed by atoms with Gasteiger partial charge in [0.1, 0.15) is 5.75 Å². The molecule has 5 rings (SSSR count). The molecule has 0 radical (unpaired) electrons. The monoisotopic (exact) mass is 426 g/mol. The molecule has 2 bridgehead atoms. The quantitative estimate of drug-likeness (QED) is 0.749. The van der Waals surface area contributed by atoms with Gasteiger partial charge in [0.05, 0.1) is 6.10 Å². The number of hydrogen-bond acceptors (Lipinski definition) is 4. The van der Waals surface area contributed by atoms with Crippen molar-refractivity contribution in [2.75, 3.05) is 19.7 Å². The number of nitrogens with one attached hydrogen (secondary N) is 1. The fraction of sp³-hybridized carbons (Fsp3) is 0.731. The first-order valence-electron chi connectivity index (χ1n) is 12.2. The van der Waals surface area contributed by atoms with E-state index in [9.17, 15) is 9.90 Å². The van der Waals surface area contributed by atoms with Gasteiger partial charge in [0.2, 0.25) is 5.91 Å². The zero-order valence-electron chi connectivity index (χ0n) is 19.3. The Kier molecular flexibility index (Phi) is 5.33. The van der Waals surface area contributed by atoms with Crippen LogP contribution in [0.15, 0.2) is 18.2 Å². The summed E-state index contributed by atoms with van der Waals surface area (Å²) in [5, 5.41) is 13.9. The zero-order valence-corrected chi connectivity index (χ0v) is 19.3. The Balaban J connectivity index is 1.43. The van der Waals surface area contributed by atoms with E-state index >= 15 is 0 Å². The minimum atomic E-state index is 0.0480. The molecule has 2 aliphatic carbocycles. The maximum absolute atomic E-state index is 12.1. The van der Waals surface area contributed by atoms with Crippen LogP contribution < -0.4 is 5.32 Å². The highest BCUT2D eigenvalue weighted by Crippen LogP contribution is 2.70. The van der Waals surface area contributed by atoms with Gasteiger partial charge in [-0.05, 0) is 85.6 Å². The van der Waals surface area contributed by atoms with E-state index in [0.29, 0.717) is 17.6 Å². The number of nitrogens with zero attached hydrogens (tertiary/aromatic N) is 1. The van der Waals surface area contributed by atoms with Gasteiger partial charge in [0.25, 0.3) is 0 Å². The zero-order chi connectivity index (χ0) is 21.8. The maximum Gasteiger partial charge on any atom is 0.217 e. The summed E-state index contributed by atoms with van der Waals surface area (Å²) in [7, 11) is 0. The lowest BCUT2D eigenvalue weighted by atomic mass is 9.59. The van der Waals surface area contributed by atoms with Crippen molar-refractivity contribution in [2.24, 2.45) is 22.7 Å². The van der Waals surface area contributed by atoms with Gasteiger partial charge in [-0.1, -0.05) is 26.3 Å². The predicted octanol–water partition coefficient (Wildman–Crippen LogP) is 4.40. The third-order valence-electron chi connectivity index (χ3n) is 9.13. The van der Waals surface area contributed by atoms with Crippen LogP contribution in [0, 0.1) is 22.7 Å². The van der Waals surface area contributed by atoms with Crippen LogP contribution in [0.3, 0.4) is 0 Å².